The Balaban J connectivity index is 2.20. The van der Waals surface area contributed by atoms with Crippen molar-refractivity contribution in [3.63, 3.8) is 0 Å². The summed E-state index contributed by atoms with van der Waals surface area (Å²) in [4.78, 5) is 27.0. The molecule has 1 saturated carbocycles. The molecule has 0 spiro atoms. The fourth-order valence-corrected chi connectivity index (χ4v) is 2.75. The third-order valence-electron chi connectivity index (χ3n) is 3.75. The zero-order valence-corrected chi connectivity index (χ0v) is 11.2. The lowest BCUT2D eigenvalue weighted by Gasteiger charge is -2.37. The standard InChI is InChI=1S/C14H17FN2O3/c1-9-3-2-5-14(8-9,13(19)20)17-12(18)10-4-6-16-11(15)7-10/h4,6-7,9H,2-3,5,8H2,1H3,(H,17,18)(H,19,20). The molecule has 1 fully saturated rings. The SMILES string of the molecule is CC1CCCC(NC(=O)c2ccnc(F)c2)(C(=O)O)C1. The molecular weight excluding hydrogens is 263 g/mol. The van der Waals surface area contributed by atoms with E-state index in [1.807, 2.05) is 6.92 Å². The lowest BCUT2D eigenvalue weighted by molar-refractivity contribution is -0.146. The number of halogens is 1. The number of nitrogens with one attached hydrogen (secondary N) is 1. The molecule has 1 aromatic rings. The van der Waals surface area contributed by atoms with E-state index in [9.17, 15) is 19.1 Å². The predicted octanol–water partition coefficient (Wildman–Crippen LogP) is 1.98. The van der Waals surface area contributed by atoms with E-state index in [4.69, 9.17) is 0 Å². The Morgan fingerprint density at radius 2 is 2.30 bits per heavy atom. The molecule has 0 aromatic carbocycles. The van der Waals surface area contributed by atoms with Crippen molar-refractivity contribution in [2.45, 2.75) is 38.1 Å². The molecule has 1 aliphatic rings. The predicted molar refractivity (Wildman–Crippen MR) is 69.7 cm³/mol. The number of carbonyl (C=O) groups excluding carboxylic acids is 1. The molecule has 1 amide bonds. The van der Waals surface area contributed by atoms with E-state index in [-0.39, 0.29) is 11.5 Å². The molecule has 2 rings (SSSR count). The van der Waals surface area contributed by atoms with E-state index in [1.54, 1.807) is 0 Å². The minimum atomic E-state index is -1.26. The molecule has 2 N–H and O–H groups in total. The average molecular weight is 280 g/mol. The molecule has 6 heteroatoms. The van der Waals surface area contributed by atoms with Gasteiger partial charge in [-0.25, -0.2) is 9.78 Å². The van der Waals surface area contributed by atoms with Gasteiger partial charge >= 0.3 is 5.97 Å². The summed E-state index contributed by atoms with van der Waals surface area (Å²) in [6, 6.07) is 2.36. The van der Waals surface area contributed by atoms with Crippen LogP contribution in [0, 0.1) is 11.9 Å². The second-order valence-electron chi connectivity index (χ2n) is 5.41. The van der Waals surface area contributed by atoms with Crippen LogP contribution < -0.4 is 5.32 Å². The van der Waals surface area contributed by atoms with Crippen molar-refractivity contribution in [3.05, 3.63) is 29.8 Å². The first-order valence-corrected chi connectivity index (χ1v) is 6.60. The number of amides is 1. The normalized spacial score (nSPS) is 26.0. The van der Waals surface area contributed by atoms with Crippen LogP contribution in [0.1, 0.15) is 43.0 Å². The molecule has 1 aromatic heterocycles. The monoisotopic (exact) mass is 280 g/mol. The lowest BCUT2D eigenvalue weighted by Crippen LogP contribution is -2.56. The Bertz CT molecular complexity index is 535. The molecule has 5 nitrogen and oxygen atoms in total. The topological polar surface area (TPSA) is 79.3 Å². The van der Waals surface area contributed by atoms with Crippen LogP contribution in [0.4, 0.5) is 4.39 Å². The van der Waals surface area contributed by atoms with Crippen LogP contribution in [0.15, 0.2) is 18.3 Å². The van der Waals surface area contributed by atoms with Crippen molar-refractivity contribution >= 4 is 11.9 Å². The highest BCUT2D eigenvalue weighted by molar-refractivity contribution is 5.97. The third kappa shape index (κ3) is 2.95. The van der Waals surface area contributed by atoms with Crippen molar-refractivity contribution in [1.82, 2.24) is 10.3 Å². The Morgan fingerprint density at radius 3 is 2.90 bits per heavy atom. The number of nitrogens with zero attached hydrogens (tertiary/aromatic N) is 1. The summed E-state index contributed by atoms with van der Waals surface area (Å²) in [5, 5.41) is 12.0. The van der Waals surface area contributed by atoms with E-state index >= 15 is 0 Å². The van der Waals surface area contributed by atoms with Crippen molar-refractivity contribution in [2.75, 3.05) is 0 Å². The summed E-state index contributed by atoms with van der Waals surface area (Å²) in [6.07, 6.45) is 3.67. The van der Waals surface area contributed by atoms with Crippen LogP contribution in [-0.2, 0) is 4.79 Å². The van der Waals surface area contributed by atoms with Gasteiger partial charge in [-0.1, -0.05) is 19.8 Å². The number of carboxylic acid groups (broad SMARTS) is 1. The number of carboxylic acids is 1. The summed E-state index contributed by atoms with van der Waals surface area (Å²) in [7, 11) is 0. The van der Waals surface area contributed by atoms with Crippen molar-refractivity contribution in [2.24, 2.45) is 5.92 Å². The maximum absolute atomic E-state index is 13.0. The van der Waals surface area contributed by atoms with Gasteiger partial charge in [-0.15, -0.1) is 0 Å². The Morgan fingerprint density at radius 1 is 1.55 bits per heavy atom. The first kappa shape index (κ1) is 14.4. The van der Waals surface area contributed by atoms with E-state index in [0.29, 0.717) is 12.8 Å². The summed E-state index contributed by atoms with van der Waals surface area (Å²) < 4.78 is 13.0. The third-order valence-corrected chi connectivity index (χ3v) is 3.75. The molecule has 1 heterocycles. The minimum absolute atomic E-state index is 0.0800. The molecule has 0 bridgehead atoms. The number of hydrogen-bond acceptors (Lipinski definition) is 3. The highest BCUT2D eigenvalue weighted by Gasteiger charge is 2.43. The van der Waals surface area contributed by atoms with Crippen LogP contribution in [0.2, 0.25) is 0 Å². The van der Waals surface area contributed by atoms with Gasteiger partial charge in [0.15, 0.2) is 0 Å². The first-order valence-electron chi connectivity index (χ1n) is 6.60. The molecule has 108 valence electrons. The van der Waals surface area contributed by atoms with Gasteiger partial charge in [0.05, 0.1) is 0 Å². The zero-order chi connectivity index (χ0) is 14.8. The fraction of sp³-hybridized carbons (Fsp3) is 0.500. The number of hydrogen-bond donors (Lipinski definition) is 2. The maximum atomic E-state index is 13.0. The summed E-state index contributed by atoms with van der Waals surface area (Å²) in [5.74, 6) is -2.15. The highest BCUT2D eigenvalue weighted by atomic mass is 19.1. The van der Waals surface area contributed by atoms with Crippen LogP contribution in [0.5, 0.6) is 0 Å². The molecule has 0 radical (unpaired) electrons. The van der Waals surface area contributed by atoms with Crippen molar-refractivity contribution < 1.29 is 19.1 Å². The average Bonchev–Trinajstić information content (AvgIpc) is 2.38. The first-order chi connectivity index (χ1) is 9.43. The molecule has 0 aliphatic heterocycles. The number of rotatable bonds is 3. The molecule has 1 aliphatic carbocycles. The lowest BCUT2D eigenvalue weighted by atomic mass is 9.76. The second kappa shape index (κ2) is 5.56. The Hall–Kier alpha value is -1.98. The van der Waals surface area contributed by atoms with Gasteiger partial charge < -0.3 is 10.4 Å². The quantitative estimate of drug-likeness (QED) is 0.830. The van der Waals surface area contributed by atoms with Gasteiger partial charge in [0.25, 0.3) is 5.91 Å². The summed E-state index contributed by atoms with van der Waals surface area (Å²) in [6.45, 7) is 1.97. The van der Waals surface area contributed by atoms with Gasteiger partial charge in [-0.3, -0.25) is 4.79 Å². The van der Waals surface area contributed by atoms with Crippen LogP contribution in [0.25, 0.3) is 0 Å². The van der Waals surface area contributed by atoms with E-state index in [0.717, 1.165) is 18.9 Å². The van der Waals surface area contributed by atoms with Gasteiger partial charge in [0.1, 0.15) is 5.54 Å². The number of aliphatic carboxylic acids is 1. The molecule has 2 unspecified atom stereocenters. The molecule has 0 saturated heterocycles. The van der Waals surface area contributed by atoms with Gasteiger partial charge in [0.2, 0.25) is 5.95 Å². The number of aromatic nitrogens is 1. The van der Waals surface area contributed by atoms with E-state index in [2.05, 4.69) is 10.3 Å². The smallest absolute Gasteiger partial charge is 0.329 e. The number of pyridine rings is 1. The zero-order valence-electron chi connectivity index (χ0n) is 11.2. The minimum Gasteiger partial charge on any atom is -0.480 e. The Kier molecular flexibility index (Phi) is 4.01. The van der Waals surface area contributed by atoms with Gasteiger partial charge in [-0.2, -0.15) is 4.39 Å². The van der Waals surface area contributed by atoms with Crippen LogP contribution >= 0.6 is 0 Å². The number of carbonyl (C=O) groups is 2. The fourth-order valence-electron chi connectivity index (χ4n) is 2.75. The molecular formula is C14H17FN2O3. The molecule has 20 heavy (non-hydrogen) atoms. The van der Waals surface area contributed by atoms with E-state index < -0.39 is 23.4 Å². The highest BCUT2D eigenvalue weighted by Crippen LogP contribution is 2.32. The van der Waals surface area contributed by atoms with Gasteiger partial charge in [0, 0.05) is 17.8 Å². The van der Waals surface area contributed by atoms with Crippen molar-refractivity contribution in [1.29, 1.82) is 0 Å². The van der Waals surface area contributed by atoms with Gasteiger partial charge in [-0.05, 0) is 24.8 Å². The van der Waals surface area contributed by atoms with E-state index in [1.165, 1.54) is 12.3 Å². The largest absolute Gasteiger partial charge is 0.480 e. The van der Waals surface area contributed by atoms with Crippen LogP contribution in [0.3, 0.4) is 0 Å². The van der Waals surface area contributed by atoms with Crippen LogP contribution in [-0.4, -0.2) is 27.5 Å². The summed E-state index contributed by atoms with van der Waals surface area (Å²) >= 11 is 0. The molecule has 2 atom stereocenters. The summed E-state index contributed by atoms with van der Waals surface area (Å²) in [5.41, 5.74) is -1.18. The maximum Gasteiger partial charge on any atom is 0.329 e. The Labute approximate surface area is 116 Å². The van der Waals surface area contributed by atoms with Crippen molar-refractivity contribution in [3.8, 4) is 0 Å². The second-order valence-corrected chi connectivity index (χ2v) is 5.41.